The van der Waals surface area contributed by atoms with Crippen molar-refractivity contribution < 1.29 is 4.79 Å². The zero-order valence-corrected chi connectivity index (χ0v) is 13.1. The van der Waals surface area contributed by atoms with Crippen LogP contribution < -0.4 is 5.73 Å². The Labute approximate surface area is 135 Å². The van der Waals surface area contributed by atoms with Crippen molar-refractivity contribution in [3.8, 4) is 5.69 Å². The Kier molecular flexibility index (Phi) is 4.97. The molecule has 1 saturated heterocycles. The Balaban J connectivity index is 1.59. The van der Waals surface area contributed by atoms with E-state index in [1.807, 2.05) is 30.3 Å². The molecule has 23 heavy (non-hydrogen) atoms. The molecule has 0 saturated carbocycles. The summed E-state index contributed by atoms with van der Waals surface area (Å²) in [4.78, 5) is 13.7. The number of tetrazole rings is 1. The first-order chi connectivity index (χ1) is 11.3. The van der Waals surface area contributed by atoms with E-state index >= 15 is 0 Å². The third kappa shape index (κ3) is 3.73. The lowest BCUT2D eigenvalue weighted by atomic mass is 10.0. The summed E-state index contributed by atoms with van der Waals surface area (Å²) in [5.74, 6) is 0.627. The second kappa shape index (κ2) is 7.32. The van der Waals surface area contributed by atoms with Gasteiger partial charge in [0, 0.05) is 6.42 Å². The predicted octanol–water partition coefficient (Wildman–Crippen LogP) is 0.935. The number of amides is 1. The van der Waals surface area contributed by atoms with Gasteiger partial charge in [0.1, 0.15) is 0 Å². The molecule has 1 aliphatic heterocycles. The highest BCUT2D eigenvalue weighted by Gasteiger charge is 2.26. The Morgan fingerprint density at radius 3 is 2.87 bits per heavy atom. The molecule has 0 bridgehead atoms. The smallest absolute Gasteiger partial charge is 0.234 e. The van der Waals surface area contributed by atoms with Gasteiger partial charge >= 0.3 is 0 Å². The number of aromatic nitrogens is 4. The maximum atomic E-state index is 11.5. The van der Waals surface area contributed by atoms with Gasteiger partial charge < -0.3 is 5.73 Å². The largest absolute Gasteiger partial charge is 0.368 e. The highest BCUT2D eigenvalue weighted by atomic mass is 16.1. The molecule has 1 atom stereocenters. The summed E-state index contributed by atoms with van der Waals surface area (Å²) in [6.07, 6.45) is 4.75. The minimum atomic E-state index is -0.209. The van der Waals surface area contributed by atoms with E-state index in [0.29, 0.717) is 0 Å². The number of primary amides is 1. The number of hydrogen-bond acceptors (Lipinski definition) is 5. The van der Waals surface area contributed by atoms with E-state index < -0.39 is 0 Å². The van der Waals surface area contributed by atoms with Gasteiger partial charge in [0.15, 0.2) is 5.82 Å². The molecule has 0 aliphatic carbocycles. The molecule has 1 aromatic carbocycles. The van der Waals surface area contributed by atoms with E-state index in [-0.39, 0.29) is 11.9 Å². The third-order valence-corrected chi connectivity index (χ3v) is 4.32. The molecule has 2 aromatic rings. The summed E-state index contributed by atoms with van der Waals surface area (Å²) in [6, 6.07) is 9.74. The minimum Gasteiger partial charge on any atom is -0.368 e. The standard InChI is InChI=1S/C16H22N6O/c17-16(23)14-9-4-5-11-21(14)12-6-10-15-18-19-20-22(15)13-7-2-1-3-8-13/h1-3,7-8,14H,4-6,9-12H2,(H2,17,23)/t14-/m1/s1. The van der Waals surface area contributed by atoms with Gasteiger partial charge in [-0.15, -0.1) is 5.10 Å². The molecule has 2 N–H and O–H groups in total. The Bertz CT molecular complexity index is 641. The van der Waals surface area contributed by atoms with Crippen molar-refractivity contribution in [3.63, 3.8) is 0 Å². The van der Waals surface area contributed by atoms with Crippen LogP contribution in [0.3, 0.4) is 0 Å². The van der Waals surface area contributed by atoms with Crippen LogP contribution >= 0.6 is 0 Å². The van der Waals surface area contributed by atoms with Crippen LogP contribution in [0.2, 0.25) is 0 Å². The summed E-state index contributed by atoms with van der Waals surface area (Å²) in [5.41, 5.74) is 6.47. The lowest BCUT2D eigenvalue weighted by Crippen LogP contribution is -2.48. The van der Waals surface area contributed by atoms with Gasteiger partial charge in [0.25, 0.3) is 0 Å². The topological polar surface area (TPSA) is 89.9 Å². The molecular formula is C16H22N6O. The number of para-hydroxylation sites is 1. The monoisotopic (exact) mass is 314 g/mol. The maximum absolute atomic E-state index is 11.5. The number of benzene rings is 1. The van der Waals surface area contributed by atoms with Gasteiger partial charge in [-0.05, 0) is 54.9 Å². The van der Waals surface area contributed by atoms with Crippen molar-refractivity contribution >= 4 is 5.91 Å². The lowest BCUT2D eigenvalue weighted by Gasteiger charge is -2.33. The number of likely N-dealkylation sites (tertiary alicyclic amines) is 1. The molecule has 7 nitrogen and oxygen atoms in total. The molecule has 2 heterocycles. The van der Waals surface area contributed by atoms with Crippen molar-refractivity contribution in [3.05, 3.63) is 36.2 Å². The lowest BCUT2D eigenvalue weighted by molar-refractivity contribution is -0.124. The molecule has 0 unspecified atom stereocenters. The molecule has 1 aliphatic rings. The number of aryl methyl sites for hydroxylation is 1. The predicted molar refractivity (Wildman–Crippen MR) is 85.9 cm³/mol. The van der Waals surface area contributed by atoms with E-state index in [9.17, 15) is 4.79 Å². The van der Waals surface area contributed by atoms with E-state index in [0.717, 1.165) is 56.7 Å². The number of carbonyl (C=O) groups is 1. The number of piperidine rings is 1. The number of hydrogen-bond donors (Lipinski definition) is 1. The van der Waals surface area contributed by atoms with E-state index in [1.165, 1.54) is 0 Å². The van der Waals surface area contributed by atoms with Crippen LogP contribution in [0.15, 0.2) is 30.3 Å². The average Bonchev–Trinajstić information content (AvgIpc) is 3.04. The van der Waals surface area contributed by atoms with Gasteiger partial charge in [-0.25, -0.2) is 0 Å². The van der Waals surface area contributed by atoms with Crippen molar-refractivity contribution in [1.82, 2.24) is 25.1 Å². The van der Waals surface area contributed by atoms with Crippen LogP contribution in [0.5, 0.6) is 0 Å². The van der Waals surface area contributed by atoms with Crippen LogP contribution in [0.1, 0.15) is 31.5 Å². The molecule has 0 radical (unpaired) electrons. The molecule has 3 rings (SSSR count). The number of carbonyl (C=O) groups excluding carboxylic acids is 1. The zero-order valence-electron chi connectivity index (χ0n) is 13.1. The second-order valence-corrected chi connectivity index (χ2v) is 5.90. The Hall–Kier alpha value is -2.28. The van der Waals surface area contributed by atoms with Gasteiger partial charge in [0.2, 0.25) is 5.91 Å². The van der Waals surface area contributed by atoms with Crippen LogP contribution in [-0.4, -0.2) is 50.1 Å². The Morgan fingerprint density at radius 2 is 2.09 bits per heavy atom. The quantitative estimate of drug-likeness (QED) is 0.857. The molecule has 122 valence electrons. The first-order valence-corrected chi connectivity index (χ1v) is 8.12. The number of nitrogens with zero attached hydrogens (tertiary/aromatic N) is 5. The van der Waals surface area contributed by atoms with Crippen LogP contribution in [0.4, 0.5) is 0 Å². The van der Waals surface area contributed by atoms with Crippen LogP contribution in [0, 0.1) is 0 Å². The summed E-state index contributed by atoms with van der Waals surface area (Å²) in [6.45, 7) is 1.78. The van der Waals surface area contributed by atoms with E-state index in [1.54, 1.807) is 4.68 Å². The first kappa shape index (κ1) is 15.6. The van der Waals surface area contributed by atoms with E-state index in [2.05, 4.69) is 20.4 Å². The third-order valence-electron chi connectivity index (χ3n) is 4.32. The fraction of sp³-hybridized carbons (Fsp3) is 0.500. The minimum absolute atomic E-state index is 0.117. The molecule has 7 heteroatoms. The van der Waals surface area contributed by atoms with Crippen molar-refractivity contribution in [1.29, 1.82) is 0 Å². The normalized spacial score (nSPS) is 18.9. The first-order valence-electron chi connectivity index (χ1n) is 8.12. The fourth-order valence-corrected chi connectivity index (χ4v) is 3.15. The highest BCUT2D eigenvalue weighted by Crippen LogP contribution is 2.17. The van der Waals surface area contributed by atoms with Gasteiger partial charge in [0.05, 0.1) is 11.7 Å². The highest BCUT2D eigenvalue weighted by molar-refractivity contribution is 5.79. The molecular weight excluding hydrogens is 292 g/mol. The summed E-state index contributed by atoms with van der Waals surface area (Å²) >= 11 is 0. The number of nitrogens with two attached hydrogens (primary N) is 1. The zero-order chi connectivity index (χ0) is 16.1. The van der Waals surface area contributed by atoms with Gasteiger partial charge in [-0.3, -0.25) is 9.69 Å². The number of rotatable bonds is 6. The van der Waals surface area contributed by atoms with Crippen molar-refractivity contribution in [2.24, 2.45) is 5.73 Å². The SMILES string of the molecule is NC(=O)[C@H]1CCCCN1CCCc1nnnn1-c1ccccc1. The summed E-state index contributed by atoms with van der Waals surface area (Å²) in [7, 11) is 0. The van der Waals surface area contributed by atoms with Gasteiger partial charge in [-0.1, -0.05) is 24.6 Å². The van der Waals surface area contributed by atoms with E-state index in [4.69, 9.17) is 5.73 Å². The molecule has 1 amide bonds. The second-order valence-electron chi connectivity index (χ2n) is 5.90. The molecule has 1 aromatic heterocycles. The maximum Gasteiger partial charge on any atom is 0.234 e. The molecule has 1 fully saturated rings. The van der Waals surface area contributed by atoms with Gasteiger partial charge in [-0.2, -0.15) is 4.68 Å². The fourth-order valence-electron chi connectivity index (χ4n) is 3.15. The average molecular weight is 314 g/mol. The Morgan fingerprint density at radius 1 is 1.26 bits per heavy atom. The van der Waals surface area contributed by atoms with Crippen LogP contribution in [-0.2, 0) is 11.2 Å². The van der Waals surface area contributed by atoms with Crippen molar-refractivity contribution in [2.45, 2.75) is 38.1 Å². The summed E-state index contributed by atoms with van der Waals surface area (Å²) in [5, 5.41) is 12.0. The van der Waals surface area contributed by atoms with Crippen molar-refractivity contribution in [2.75, 3.05) is 13.1 Å². The van der Waals surface area contributed by atoms with Crippen LogP contribution in [0.25, 0.3) is 5.69 Å². The summed E-state index contributed by atoms with van der Waals surface area (Å²) < 4.78 is 1.77. The molecule has 0 spiro atoms.